The van der Waals surface area contributed by atoms with Crippen molar-refractivity contribution in [2.75, 3.05) is 31.8 Å². The van der Waals surface area contributed by atoms with Gasteiger partial charge in [0.25, 0.3) is 0 Å². The molecule has 1 aromatic rings. The summed E-state index contributed by atoms with van der Waals surface area (Å²) in [5.41, 5.74) is 0.812. The van der Waals surface area contributed by atoms with Crippen LogP contribution < -0.4 is 4.74 Å². The van der Waals surface area contributed by atoms with Crippen LogP contribution in [-0.2, 0) is 9.53 Å². The topological polar surface area (TPSA) is 55.8 Å². The summed E-state index contributed by atoms with van der Waals surface area (Å²) in [7, 11) is 1.69. The fourth-order valence-corrected chi connectivity index (χ4v) is 2.03. The lowest BCUT2D eigenvalue weighted by Crippen LogP contribution is -2.02. The van der Waals surface area contributed by atoms with E-state index in [1.54, 1.807) is 24.9 Å². The number of ether oxygens (including phenoxy) is 2. The fourth-order valence-electron chi connectivity index (χ4n) is 1.34. The lowest BCUT2D eigenvalue weighted by Gasteiger charge is -2.06. The van der Waals surface area contributed by atoms with Gasteiger partial charge in [0.05, 0.1) is 13.2 Å². The van der Waals surface area contributed by atoms with Gasteiger partial charge >= 0.3 is 5.97 Å². The molecule has 0 atom stereocenters. The van der Waals surface area contributed by atoms with Crippen LogP contribution in [0.5, 0.6) is 5.75 Å². The van der Waals surface area contributed by atoms with E-state index in [9.17, 15) is 4.79 Å². The van der Waals surface area contributed by atoms with E-state index in [2.05, 4.69) is 0 Å². The third kappa shape index (κ3) is 7.54. The number of rotatable bonds is 9. The molecule has 0 unspecified atom stereocenters. The Morgan fingerprint density at radius 1 is 1.37 bits per heavy atom. The fraction of sp³-hybridized carbons (Fsp3) is 0.357. The molecule has 5 heteroatoms. The molecule has 19 heavy (non-hydrogen) atoms. The molecule has 0 heterocycles. The third-order valence-electron chi connectivity index (χ3n) is 2.20. The van der Waals surface area contributed by atoms with Crippen molar-refractivity contribution in [2.45, 2.75) is 0 Å². The average Bonchev–Trinajstić information content (AvgIpc) is 2.41. The first kappa shape index (κ1) is 15.6. The lowest BCUT2D eigenvalue weighted by molar-refractivity contribution is -0.131. The maximum absolute atomic E-state index is 10.4. The SMILES string of the molecule is COCCSCCOc1cccc(C=CC(=O)O)c1. The standard InChI is InChI=1S/C14H18O4S/c1-17-7-9-19-10-8-18-13-4-2-3-12(11-13)5-6-14(15)16/h2-6,11H,7-10H2,1H3,(H,15,16). The van der Waals surface area contributed by atoms with E-state index in [1.165, 1.54) is 0 Å². The number of thioether (sulfide) groups is 1. The highest BCUT2D eigenvalue weighted by Crippen LogP contribution is 2.15. The van der Waals surface area contributed by atoms with Crippen LogP contribution in [0.4, 0.5) is 0 Å². The molecule has 104 valence electrons. The van der Waals surface area contributed by atoms with Crippen molar-refractivity contribution in [3.63, 3.8) is 0 Å². The summed E-state index contributed by atoms with van der Waals surface area (Å²) in [6.45, 7) is 1.38. The second kappa shape index (κ2) is 9.47. The molecule has 0 saturated heterocycles. The zero-order chi connectivity index (χ0) is 13.9. The maximum Gasteiger partial charge on any atom is 0.328 e. The monoisotopic (exact) mass is 282 g/mol. The first-order valence-corrected chi connectivity index (χ1v) is 7.08. The molecule has 0 aliphatic heterocycles. The summed E-state index contributed by atoms with van der Waals surface area (Å²) in [4.78, 5) is 10.4. The lowest BCUT2D eigenvalue weighted by atomic mass is 10.2. The van der Waals surface area contributed by atoms with E-state index in [0.29, 0.717) is 6.61 Å². The summed E-state index contributed by atoms with van der Waals surface area (Å²) in [5.74, 6) is 1.65. The van der Waals surface area contributed by atoms with Gasteiger partial charge in [-0.15, -0.1) is 0 Å². The maximum atomic E-state index is 10.4. The number of hydrogen-bond donors (Lipinski definition) is 1. The van der Waals surface area contributed by atoms with E-state index in [4.69, 9.17) is 14.6 Å². The van der Waals surface area contributed by atoms with Crippen LogP contribution in [0.15, 0.2) is 30.3 Å². The van der Waals surface area contributed by atoms with Gasteiger partial charge in [0, 0.05) is 24.7 Å². The summed E-state index contributed by atoms with van der Waals surface area (Å²) < 4.78 is 10.5. The molecular formula is C14H18O4S. The third-order valence-corrected chi connectivity index (χ3v) is 3.12. The Hall–Kier alpha value is -1.46. The van der Waals surface area contributed by atoms with Crippen molar-refractivity contribution in [2.24, 2.45) is 0 Å². The quantitative estimate of drug-likeness (QED) is 0.557. The molecule has 0 fully saturated rings. The average molecular weight is 282 g/mol. The number of carbonyl (C=O) groups is 1. The summed E-state index contributed by atoms with van der Waals surface area (Å²) in [6, 6.07) is 7.35. The molecule has 0 aromatic heterocycles. The smallest absolute Gasteiger partial charge is 0.328 e. The predicted octanol–water partition coefficient (Wildman–Crippen LogP) is 2.54. The highest BCUT2D eigenvalue weighted by Gasteiger charge is 1.96. The number of hydrogen-bond acceptors (Lipinski definition) is 4. The number of carboxylic acid groups (broad SMARTS) is 1. The summed E-state index contributed by atoms with van der Waals surface area (Å²) in [6.07, 6.45) is 2.66. The highest BCUT2D eigenvalue weighted by molar-refractivity contribution is 7.99. The molecule has 0 saturated carbocycles. The van der Waals surface area contributed by atoms with Gasteiger partial charge in [-0.1, -0.05) is 12.1 Å². The molecule has 0 radical (unpaired) electrons. The zero-order valence-electron chi connectivity index (χ0n) is 10.9. The van der Waals surface area contributed by atoms with Gasteiger partial charge in [-0.2, -0.15) is 11.8 Å². The van der Waals surface area contributed by atoms with Crippen molar-refractivity contribution < 1.29 is 19.4 Å². The van der Waals surface area contributed by atoms with Crippen LogP contribution in [0, 0.1) is 0 Å². The van der Waals surface area contributed by atoms with E-state index in [-0.39, 0.29) is 0 Å². The number of benzene rings is 1. The Morgan fingerprint density at radius 3 is 2.89 bits per heavy atom. The summed E-state index contributed by atoms with van der Waals surface area (Å²) in [5, 5.41) is 8.56. The Balaban J connectivity index is 2.34. The molecule has 0 aliphatic rings. The largest absolute Gasteiger partial charge is 0.493 e. The molecule has 0 aliphatic carbocycles. The molecular weight excluding hydrogens is 264 g/mol. The van der Waals surface area contributed by atoms with E-state index in [0.717, 1.165) is 35.5 Å². The predicted molar refractivity (Wildman–Crippen MR) is 77.8 cm³/mol. The minimum absolute atomic E-state index is 0.625. The van der Waals surface area contributed by atoms with Crippen molar-refractivity contribution >= 4 is 23.8 Å². The number of carboxylic acids is 1. The van der Waals surface area contributed by atoms with Crippen molar-refractivity contribution in [1.29, 1.82) is 0 Å². The van der Waals surface area contributed by atoms with Crippen molar-refractivity contribution in [1.82, 2.24) is 0 Å². The minimum atomic E-state index is -0.958. The van der Waals surface area contributed by atoms with E-state index < -0.39 is 5.97 Å². The highest BCUT2D eigenvalue weighted by atomic mass is 32.2. The first-order valence-electron chi connectivity index (χ1n) is 5.93. The van der Waals surface area contributed by atoms with E-state index >= 15 is 0 Å². The Bertz CT molecular complexity index is 418. The Kier molecular flexibility index (Phi) is 7.77. The van der Waals surface area contributed by atoms with Gasteiger partial charge < -0.3 is 14.6 Å². The van der Waals surface area contributed by atoms with Gasteiger partial charge in [0.1, 0.15) is 5.75 Å². The molecule has 1 N–H and O–H groups in total. The van der Waals surface area contributed by atoms with Gasteiger partial charge in [-0.05, 0) is 23.8 Å². The summed E-state index contributed by atoms with van der Waals surface area (Å²) >= 11 is 1.77. The van der Waals surface area contributed by atoms with Crippen LogP contribution in [0.3, 0.4) is 0 Å². The van der Waals surface area contributed by atoms with Crippen LogP contribution in [0.25, 0.3) is 6.08 Å². The van der Waals surface area contributed by atoms with Gasteiger partial charge in [0.2, 0.25) is 0 Å². The van der Waals surface area contributed by atoms with Crippen molar-refractivity contribution in [3.8, 4) is 5.75 Å². The Morgan fingerprint density at radius 2 is 2.16 bits per heavy atom. The van der Waals surface area contributed by atoms with Gasteiger partial charge in [-0.25, -0.2) is 4.79 Å². The second-order valence-corrected chi connectivity index (χ2v) is 4.92. The van der Waals surface area contributed by atoms with Crippen molar-refractivity contribution in [3.05, 3.63) is 35.9 Å². The van der Waals surface area contributed by atoms with Gasteiger partial charge in [0.15, 0.2) is 0 Å². The minimum Gasteiger partial charge on any atom is -0.493 e. The number of methoxy groups -OCH3 is 1. The molecule has 1 rings (SSSR count). The molecule has 0 amide bonds. The normalized spacial score (nSPS) is 10.8. The van der Waals surface area contributed by atoms with Crippen LogP contribution >= 0.6 is 11.8 Å². The zero-order valence-corrected chi connectivity index (χ0v) is 11.7. The molecule has 1 aromatic carbocycles. The second-order valence-electron chi connectivity index (χ2n) is 3.70. The Labute approximate surface area is 117 Å². The number of aliphatic carboxylic acids is 1. The molecule has 0 bridgehead atoms. The molecule has 0 spiro atoms. The van der Waals surface area contributed by atoms with E-state index in [1.807, 2.05) is 24.3 Å². The first-order chi connectivity index (χ1) is 9.22. The molecule has 4 nitrogen and oxygen atoms in total. The van der Waals surface area contributed by atoms with Crippen LogP contribution in [0.1, 0.15) is 5.56 Å². The van der Waals surface area contributed by atoms with Crippen LogP contribution in [-0.4, -0.2) is 42.9 Å². The van der Waals surface area contributed by atoms with Gasteiger partial charge in [-0.3, -0.25) is 0 Å². The van der Waals surface area contributed by atoms with Crippen LogP contribution in [0.2, 0.25) is 0 Å².